The summed E-state index contributed by atoms with van der Waals surface area (Å²) in [6, 6.07) is 9.15. The van der Waals surface area contributed by atoms with Crippen molar-refractivity contribution >= 4 is 56.6 Å². The van der Waals surface area contributed by atoms with E-state index in [1.165, 1.54) is 23.1 Å². The number of benzene rings is 1. The van der Waals surface area contributed by atoms with Crippen molar-refractivity contribution in [3.63, 3.8) is 0 Å². The summed E-state index contributed by atoms with van der Waals surface area (Å²) in [4.78, 5) is 24.2. The van der Waals surface area contributed by atoms with Gasteiger partial charge < -0.3 is 15.9 Å². The van der Waals surface area contributed by atoms with Crippen molar-refractivity contribution in [2.45, 2.75) is 5.16 Å². The zero-order valence-electron chi connectivity index (χ0n) is 14.0. The number of hydrogen-bond donors (Lipinski definition) is 2. The second kappa shape index (κ2) is 8.55. The third-order valence-electron chi connectivity index (χ3n) is 3.42. The van der Waals surface area contributed by atoms with Crippen LogP contribution in [0.4, 0.5) is 5.69 Å². The number of anilines is 1. The Bertz CT molecular complexity index is 988. The highest BCUT2D eigenvalue weighted by Gasteiger charge is 2.18. The van der Waals surface area contributed by atoms with Gasteiger partial charge >= 0.3 is 5.97 Å². The minimum absolute atomic E-state index is 0.0573. The summed E-state index contributed by atoms with van der Waals surface area (Å²) in [6.07, 6.45) is 0. The van der Waals surface area contributed by atoms with Crippen LogP contribution in [-0.4, -0.2) is 39.6 Å². The zero-order chi connectivity index (χ0) is 19.4. The fraction of sp³-hybridized carbons (Fsp3) is 0.125. The van der Waals surface area contributed by atoms with Crippen molar-refractivity contribution in [3.05, 3.63) is 45.1 Å². The molecule has 11 heteroatoms. The maximum Gasteiger partial charge on any atom is 0.350 e. The number of halogens is 1. The summed E-state index contributed by atoms with van der Waals surface area (Å²) in [5.41, 5.74) is 1.21. The molecule has 0 aliphatic heterocycles. The standard InChI is InChI=1S/C16H14BrN5O3S2/c1-25-15(24)13-11(6-7-26-13)19-12(23)8-27-16-21-20-14(22(16)18)9-4-2-3-5-10(9)17/h2-7H,8,18H2,1H3,(H,19,23). The molecule has 140 valence electrons. The summed E-state index contributed by atoms with van der Waals surface area (Å²) in [5, 5.41) is 12.9. The number of thiophene rings is 1. The Morgan fingerprint density at radius 3 is 2.85 bits per heavy atom. The summed E-state index contributed by atoms with van der Waals surface area (Å²) in [7, 11) is 1.29. The van der Waals surface area contributed by atoms with Crippen LogP contribution in [0.1, 0.15) is 9.67 Å². The molecule has 3 N–H and O–H groups in total. The maximum atomic E-state index is 12.2. The molecule has 0 saturated carbocycles. The highest BCUT2D eigenvalue weighted by atomic mass is 79.9. The van der Waals surface area contributed by atoms with E-state index in [4.69, 9.17) is 5.84 Å². The molecule has 0 unspecified atom stereocenters. The van der Waals surface area contributed by atoms with Gasteiger partial charge in [0.1, 0.15) is 4.88 Å². The zero-order valence-corrected chi connectivity index (χ0v) is 17.2. The first kappa shape index (κ1) is 19.4. The quantitative estimate of drug-likeness (QED) is 0.325. The molecule has 2 heterocycles. The third-order valence-corrected chi connectivity index (χ3v) is 5.95. The molecule has 0 aliphatic carbocycles. The Morgan fingerprint density at radius 2 is 2.11 bits per heavy atom. The number of hydrogen-bond acceptors (Lipinski definition) is 8. The molecule has 0 bridgehead atoms. The molecular weight excluding hydrogens is 454 g/mol. The fourth-order valence-corrected chi connectivity index (χ4v) is 4.06. The minimum atomic E-state index is -0.493. The first-order valence-electron chi connectivity index (χ1n) is 7.55. The van der Waals surface area contributed by atoms with E-state index in [2.05, 4.69) is 36.2 Å². The second-order valence-corrected chi connectivity index (χ2v) is 7.86. The molecule has 1 amide bonds. The number of nitrogens with two attached hydrogens (primary N) is 1. The number of nitrogens with zero attached hydrogens (tertiary/aromatic N) is 3. The van der Waals surface area contributed by atoms with Gasteiger partial charge in [-0.2, -0.15) is 0 Å². The third kappa shape index (κ3) is 4.31. The molecular formula is C16H14BrN5O3S2. The van der Waals surface area contributed by atoms with E-state index in [0.29, 0.717) is 21.5 Å². The number of carbonyl (C=O) groups excluding carboxylic acids is 2. The van der Waals surface area contributed by atoms with E-state index in [1.54, 1.807) is 11.4 Å². The summed E-state index contributed by atoms with van der Waals surface area (Å²) >= 11 is 5.79. The van der Waals surface area contributed by atoms with Crippen LogP contribution in [0.2, 0.25) is 0 Å². The number of ether oxygens (including phenoxy) is 1. The van der Waals surface area contributed by atoms with E-state index in [9.17, 15) is 9.59 Å². The molecule has 3 aromatic rings. The highest BCUT2D eigenvalue weighted by molar-refractivity contribution is 9.10. The van der Waals surface area contributed by atoms with Crippen LogP contribution in [-0.2, 0) is 9.53 Å². The molecule has 0 spiro atoms. The first-order valence-corrected chi connectivity index (χ1v) is 10.2. The lowest BCUT2D eigenvalue weighted by Crippen LogP contribution is -2.17. The Balaban J connectivity index is 1.66. The Morgan fingerprint density at radius 1 is 1.33 bits per heavy atom. The highest BCUT2D eigenvalue weighted by Crippen LogP contribution is 2.28. The van der Waals surface area contributed by atoms with Gasteiger partial charge in [0, 0.05) is 10.0 Å². The van der Waals surface area contributed by atoms with Gasteiger partial charge in [-0.1, -0.05) is 39.8 Å². The van der Waals surface area contributed by atoms with Crippen molar-refractivity contribution < 1.29 is 14.3 Å². The maximum absolute atomic E-state index is 12.2. The van der Waals surface area contributed by atoms with Gasteiger partial charge in [0.2, 0.25) is 11.1 Å². The van der Waals surface area contributed by atoms with Crippen molar-refractivity contribution in [2.75, 3.05) is 24.0 Å². The summed E-state index contributed by atoms with van der Waals surface area (Å²) < 4.78 is 6.86. The minimum Gasteiger partial charge on any atom is -0.465 e. The predicted molar refractivity (Wildman–Crippen MR) is 108 cm³/mol. The molecule has 1 aromatic carbocycles. The lowest BCUT2D eigenvalue weighted by molar-refractivity contribution is -0.113. The molecule has 0 radical (unpaired) electrons. The topological polar surface area (TPSA) is 112 Å². The van der Waals surface area contributed by atoms with E-state index in [-0.39, 0.29) is 11.7 Å². The van der Waals surface area contributed by atoms with Crippen molar-refractivity contribution in [1.29, 1.82) is 0 Å². The number of nitrogens with one attached hydrogen (secondary N) is 1. The SMILES string of the molecule is COC(=O)c1sccc1NC(=O)CSc1nnc(-c2ccccc2Br)n1N. The average molecular weight is 468 g/mol. The van der Waals surface area contributed by atoms with Crippen molar-refractivity contribution in [2.24, 2.45) is 0 Å². The Kier molecular flexibility index (Phi) is 6.14. The number of thioether (sulfide) groups is 1. The number of amides is 1. The molecule has 0 fully saturated rings. The van der Waals surface area contributed by atoms with E-state index >= 15 is 0 Å². The molecule has 0 aliphatic rings. The van der Waals surface area contributed by atoms with Crippen LogP contribution in [0.5, 0.6) is 0 Å². The number of aromatic nitrogens is 3. The molecule has 8 nitrogen and oxygen atoms in total. The molecule has 3 rings (SSSR count). The van der Waals surface area contributed by atoms with Crippen molar-refractivity contribution in [1.82, 2.24) is 14.9 Å². The van der Waals surface area contributed by atoms with Crippen LogP contribution in [0.15, 0.2) is 45.3 Å². The number of carbonyl (C=O) groups is 2. The predicted octanol–water partition coefficient (Wildman–Crippen LogP) is 3.00. The fourth-order valence-electron chi connectivity index (χ4n) is 2.18. The molecule has 0 atom stereocenters. The largest absolute Gasteiger partial charge is 0.465 e. The molecule has 2 aromatic heterocycles. The van der Waals surface area contributed by atoms with Crippen LogP contribution < -0.4 is 11.2 Å². The van der Waals surface area contributed by atoms with Gasteiger partial charge in [0.25, 0.3) is 0 Å². The summed E-state index contributed by atoms with van der Waals surface area (Å²) in [5.74, 6) is 5.82. The van der Waals surface area contributed by atoms with Crippen LogP contribution in [0.3, 0.4) is 0 Å². The molecule has 27 heavy (non-hydrogen) atoms. The normalized spacial score (nSPS) is 10.6. The van der Waals surface area contributed by atoms with Crippen LogP contribution in [0.25, 0.3) is 11.4 Å². The number of rotatable bonds is 6. The average Bonchev–Trinajstić information content (AvgIpc) is 3.26. The van der Waals surface area contributed by atoms with Gasteiger partial charge in [-0.05, 0) is 23.6 Å². The van der Waals surface area contributed by atoms with Gasteiger partial charge in [-0.3, -0.25) is 4.79 Å². The summed E-state index contributed by atoms with van der Waals surface area (Å²) in [6.45, 7) is 0. The Hall–Kier alpha value is -2.37. The number of nitrogen functional groups attached to an aromatic ring is 1. The van der Waals surface area contributed by atoms with Gasteiger partial charge in [-0.15, -0.1) is 21.5 Å². The van der Waals surface area contributed by atoms with E-state index < -0.39 is 5.97 Å². The number of esters is 1. The van der Waals surface area contributed by atoms with E-state index in [1.807, 2.05) is 24.3 Å². The van der Waals surface area contributed by atoms with Crippen molar-refractivity contribution in [3.8, 4) is 11.4 Å². The van der Waals surface area contributed by atoms with Gasteiger partial charge in [0.15, 0.2) is 5.82 Å². The lowest BCUT2D eigenvalue weighted by atomic mass is 10.2. The second-order valence-electron chi connectivity index (χ2n) is 5.15. The molecule has 0 saturated heterocycles. The first-order chi connectivity index (χ1) is 13.0. The van der Waals surface area contributed by atoms with Gasteiger partial charge in [-0.25, -0.2) is 9.47 Å². The smallest absolute Gasteiger partial charge is 0.350 e. The lowest BCUT2D eigenvalue weighted by Gasteiger charge is -2.06. The monoisotopic (exact) mass is 467 g/mol. The van der Waals surface area contributed by atoms with Gasteiger partial charge in [0.05, 0.1) is 18.6 Å². The van der Waals surface area contributed by atoms with Crippen LogP contribution >= 0.6 is 39.0 Å². The number of methoxy groups -OCH3 is 1. The van der Waals surface area contributed by atoms with E-state index in [0.717, 1.165) is 21.8 Å². The Labute approximate surface area is 171 Å². The van der Waals surface area contributed by atoms with Crippen LogP contribution in [0, 0.1) is 0 Å².